The lowest BCUT2D eigenvalue weighted by molar-refractivity contribution is 0.623. The van der Waals surface area contributed by atoms with E-state index in [-0.39, 0.29) is 11.9 Å². The molecule has 0 aliphatic rings. The number of anilines is 1. The average Bonchev–Trinajstić information content (AvgIpc) is 2.64. The summed E-state index contributed by atoms with van der Waals surface area (Å²) in [7, 11) is 0. The van der Waals surface area contributed by atoms with Crippen molar-refractivity contribution in [3.8, 4) is 0 Å². The molecule has 0 saturated heterocycles. The Labute approximate surface area is 106 Å². The summed E-state index contributed by atoms with van der Waals surface area (Å²) in [4.78, 5) is 4.23. The summed E-state index contributed by atoms with van der Waals surface area (Å²) in [5.41, 5.74) is 0.909. The van der Waals surface area contributed by atoms with Gasteiger partial charge in [0, 0.05) is 5.38 Å². The van der Waals surface area contributed by atoms with E-state index in [0.717, 1.165) is 15.3 Å². The molecule has 1 N–H and O–H groups in total. The Morgan fingerprint density at radius 3 is 2.94 bits per heavy atom. The van der Waals surface area contributed by atoms with Crippen molar-refractivity contribution < 1.29 is 4.39 Å². The SMILES string of the molecule is CC(Nc1nc(Br)cs1)c1cccc(F)c1. The third-order valence-electron chi connectivity index (χ3n) is 2.16. The van der Waals surface area contributed by atoms with Crippen molar-refractivity contribution in [3.05, 3.63) is 45.6 Å². The van der Waals surface area contributed by atoms with E-state index in [0.29, 0.717) is 0 Å². The maximum absolute atomic E-state index is 13.0. The van der Waals surface area contributed by atoms with Gasteiger partial charge in [-0.25, -0.2) is 9.37 Å². The van der Waals surface area contributed by atoms with Crippen LogP contribution >= 0.6 is 27.3 Å². The van der Waals surface area contributed by atoms with Crippen LogP contribution in [-0.2, 0) is 0 Å². The molecule has 0 aliphatic carbocycles. The van der Waals surface area contributed by atoms with Gasteiger partial charge in [0.15, 0.2) is 5.13 Å². The van der Waals surface area contributed by atoms with Crippen molar-refractivity contribution in [3.63, 3.8) is 0 Å². The fourth-order valence-corrected chi connectivity index (χ4v) is 2.60. The van der Waals surface area contributed by atoms with Crippen LogP contribution in [0.15, 0.2) is 34.2 Å². The van der Waals surface area contributed by atoms with Crippen LogP contribution in [0.2, 0.25) is 0 Å². The molecule has 84 valence electrons. The molecule has 1 aromatic heterocycles. The number of benzene rings is 1. The van der Waals surface area contributed by atoms with Crippen LogP contribution < -0.4 is 5.32 Å². The summed E-state index contributed by atoms with van der Waals surface area (Å²) in [5, 5.41) is 5.94. The minimum atomic E-state index is -0.216. The third-order valence-corrected chi connectivity index (χ3v) is 3.65. The second kappa shape index (κ2) is 4.93. The van der Waals surface area contributed by atoms with Crippen LogP contribution in [-0.4, -0.2) is 4.98 Å². The first kappa shape index (κ1) is 11.5. The predicted molar refractivity (Wildman–Crippen MR) is 68.3 cm³/mol. The highest BCUT2D eigenvalue weighted by atomic mass is 79.9. The number of aromatic nitrogens is 1. The van der Waals surface area contributed by atoms with Gasteiger partial charge >= 0.3 is 0 Å². The van der Waals surface area contributed by atoms with Crippen LogP contribution in [0.1, 0.15) is 18.5 Å². The first-order chi connectivity index (χ1) is 7.65. The monoisotopic (exact) mass is 300 g/mol. The highest BCUT2D eigenvalue weighted by Gasteiger charge is 2.08. The lowest BCUT2D eigenvalue weighted by Gasteiger charge is -2.12. The molecule has 2 nitrogen and oxygen atoms in total. The van der Waals surface area contributed by atoms with Gasteiger partial charge in [-0.05, 0) is 40.5 Å². The molecule has 16 heavy (non-hydrogen) atoms. The van der Waals surface area contributed by atoms with Gasteiger partial charge in [0.2, 0.25) is 0 Å². The second-order valence-corrected chi connectivity index (χ2v) is 5.07. The maximum Gasteiger partial charge on any atom is 0.184 e. The molecule has 0 aliphatic heterocycles. The summed E-state index contributed by atoms with van der Waals surface area (Å²) in [5.74, 6) is -0.216. The molecule has 2 aromatic rings. The quantitative estimate of drug-likeness (QED) is 0.918. The smallest absolute Gasteiger partial charge is 0.184 e. The summed E-state index contributed by atoms with van der Waals surface area (Å²) in [6.45, 7) is 1.98. The Balaban J connectivity index is 2.11. The van der Waals surface area contributed by atoms with E-state index in [1.54, 1.807) is 6.07 Å². The Morgan fingerprint density at radius 2 is 2.31 bits per heavy atom. The molecular formula is C11H10BrFN2S. The van der Waals surface area contributed by atoms with Crippen molar-refractivity contribution >= 4 is 32.4 Å². The van der Waals surface area contributed by atoms with Crippen LogP contribution in [0.5, 0.6) is 0 Å². The predicted octanol–water partition coefficient (Wildman–Crippen LogP) is 4.22. The Hall–Kier alpha value is -0.940. The van der Waals surface area contributed by atoms with Gasteiger partial charge in [0.05, 0.1) is 6.04 Å². The minimum Gasteiger partial charge on any atom is -0.355 e. The fourth-order valence-electron chi connectivity index (χ4n) is 1.36. The number of nitrogens with zero attached hydrogens (tertiary/aromatic N) is 1. The normalized spacial score (nSPS) is 12.4. The zero-order valence-electron chi connectivity index (χ0n) is 8.58. The van der Waals surface area contributed by atoms with Gasteiger partial charge in [-0.1, -0.05) is 12.1 Å². The van der Waals surface area contributed by atoms with Crippen LogP contribution in [0.25, 0.3) is 0 Å². The molecule has 0 radical (unpaired) electrons. The molecule has 1 heterocycles. The van der Waals surface area contributed by atoms with E-state index < -0.39 is 0 Å². The Morgan fingerprint density at radius 1 is 1.50 bits per heavy atom. The molecule has 1 atom stereocenters. The van der Waals surface area contributed by atoms with Gasteiger partial charge < -0.3 is 5.32 Å². The van der Waals surface area contributed by atoms with Gasteiger partial charge in [0.25, 0.3) is 0 Å². The molecule has 0 spiro atoms. The first-order valence-corrected chi connectivity index (χ1v) is 6.45. The number of nitrogens with one attached hydrogen (secondary N) is 1. The second-order valence-electron chi connectivity index (χ2n) is 3.40. The van der Waals surface area contributed by atoms with Gasteiger partial charge in [-0.3, -0.25) is 0 Å². The van der Waals surface area contributed by atoms with Crippen molar-refractivity contribution in [2.75, 3.05) is 5.32 Å². The standard InChI is InChI=1S/C11H10BrFN2S/c1-7(8-3-2-4-9(13)5-8)14-11-15-10(12)6-16-11/h2-7H,1H3,(H,14,15). The highest BCUT2D eigenvalue weighted by Crippen LogP contribution is 2.24. The Bertz CT molecular complexity index is 486. The number of halogens is 2. The molecule has 0 fully saturated rings. The van der Waals surface area contributed by atoms with E-state index in [4.69, 9.17) is 0 Å². The van der Waals surface area contributed by atoms with Gasteiger partial charge in [0.1, 0.15) is 10.4 Å². The molecule has 1 unspecified atom stereocenters. The van der Waals surface area contributed by atoms with Crippen LogP contribution in [0.4, 0.5) is 9.52 Å². The number of hydrogen-bond acceptors (Lipinski definition) is 3. The fraction of sp³-hybridized carbons (Fsp3) is 0.182. The topological polar surface area (TPSA) is 24.9 Å². The summed E-state index contributed by atoms with van der Waals surface area (Å²) >= 11 is 4.80. The van der Waals surface area contributed by atoms with Gasteiger partial charge in [-0.15, -0.1) is 11.3 Å². The van der Waals surface area contributed by atoms with Crippen LogP contribution in [0, 0.1) is 5.82 Å². The maximum atomic E-state index is 13.0. The summed E-state index contributed by atoms with van der Waals surface area (Å²) in [6, 6.07) is 6.61. The highest BCUT2D eigenvalue weighted by molar-refractivity contribution is 9.10. The summed E-state index contributed by atoms with van der Waals surface area (Å²) < 4.78 is 13.8. The third kappa shape index (κ3) is 2.80. The van der Waals surface area contributed by atoms with Crippen molar-refractivity contribution in [1.29, 1.82) is 0 Å². The zero-order valence-corrected chi connectivity index (χ0v) is 11.0. The first-order valence-electron chi connectivity index (χ1n) is 4.78. The van der Waals surface area contributed by atoms with Gasteiger partial charge in [-0.2, -0.15) is 0 Å². The van der Waals surface area contributed by atoms with E-state index in [1.807, 2.05) is 18.4 Å². The number of hydrogen-bond donors (Lipinski definition) is 1. The van der Waals surface area contributed by atoms with E-state index in [1.165, 1.54) is 23.5 Å². The molecular weight excluding hydrogens is 291 g/mol. The zero-order chi connectivity index (χ0) is 11.5. The van der Waals surface area contributed by atoms with E-state index in [2.05, 4.69) is 26.2 Å². The molecule has 0 bridgehead atoms. The number of thiazole rings is 1. The van der Waals surface area contributed by atoms with E-state index in [9.17, 15) is 4.39 Å². The largest absolute Gasteiger partial charge is 0.355 e. The average molecular weight is 301 g/mol. The molecule has 1 aromatic carbocycles. The molecule has 0 saturated carbocycles. The molecule has 0 amide bonds. The molecule has 2 rings (SSSR count). The molecule has 5 heteroatoms. The van der Waals surface area contributed by atoms with Crippen molar-refractivity contribution in [2.24, 2.45) is 0 Å². The van der Waals surface area contributed by atoms with Crippen molar-refractivity contribution in [1.82, 2.24) is 4.98 Å². The lowest BCUT2D eigenvalue weighted by atomic mass is 10.1. The van der Waals surface area contributed by atoms with Crippen molar-refractivity contribution in [2.45, 2.75) is 13.0 Å². The summed E-state index contributed by atoms with van der Waals surface area (Å²) in [6.07, 6.45) is 0. The Kier molecular flexibility index (Phi) is 3.56. The minimum absolute atomic E-state index is 0.0359. The lowest BCUT2D eigenvalue weighted by Crippen LogP contribution is -2.06. The van der Waals surface area contributed by atoms with E-state index >= 15 is 0 Å². The number of rotatable bonds is 3. The van der Waals surface area contributed by atoms with Crippen LogP contribution in [0.3, 0.4) is 0 Å².